The van der Waals surface area contributed by atoms with Gasteiger partial charge in [-0.15, -0.1) is 0 Å². The highest BCUT2D eigenvalue weighted by atomic mass is 32.2. The highest BCUT2D eigenvalue weighted by Crippen LogP contribution is 2.16. The first kappa shape index (κ1) is 20.4. The van der Waals surface area contributed by atoms with E-state index in [1.807, 2.05) is 55.4 Å². The maximum absolute atomic E-state index is 12.9. The van der Waals surface area contributed by atoms with Crippen LogP contribution in [0.25, 0.3) is 0 Å². The quantitative estimate of drug-likeness (QED) is 0.774. The zero-order valence-electron chi connectivity index (χ0n) is 16.6. The summed E-state index contributed by atoms with van der Waals surface area (Å²) in [4.78, 5) is 9.05. The fourth-order valence-electron chi connectivity index (χ4n) is 3.43. The van der Waals surface area contributed by atoms with Gasteiger partial charge in [-0.05, 0) is 31.0 Å². The Morgan fingerprint density at radius 3 is 2.32 bits per heavy atom. The van der Waals surface area contributed by atoms with E-state index in [1.165, 1.54) is 0 Å². The Balaban J connectivity index is 1.84. The lowest BCUT2D eigenvalue weighted by atomic mass is 10.1. The average molecular weight is 401 g/mol. The number of guanidine groups is 1. The smallest absolute Gasteiger partial charge is 0.240 e. The SMILES string of the molecule is C[C@H]1CN=C(N(C)C)N1C[C@H](Cc1ccccc1)NS(=O)(=O)c1ccccc1. The number of sulfonamides is 1. The molecule has 150 valence electrons. The van der Waals surface area contributed by atoms with Crippen LogP contribution in [0.15, 0.2) is 70.6 Å². The molecule has 0 amide bonds. The summed E-state index contributed by atoms with van der Waals surface area (Å²) in [5.41, 5.74) is 1.10. The molecule has 2 aromatic carbocycles. The average Bonchev–Trinajstić information content (AvgIpc) is 3.03. The molecule has 0 aliphatic carbocycles. The second-order valence-electron chi connectivity index (χ2n) is 7.36. The molecule has 1 aliphatic heterocycles. The van der Waals surface area contributed by atoms with E-state index in [-0.39, 0.29) is 17.0 Å². The van der Waals surface area contributed by atoms with Gasteiger partial charge in [-0.25, -0.2) is 13.1 Å². The Morgan fingerprint density at radius 1 is 1.11 bits per heavy atom. The van der Waals surface area contributed by atoms with Gasteiger partial charge in [0.05, 0.1) is 11.4 Å². The van der Waals surface area contributed by atoms with Crippen molar-refractivity contribution in [1.29, 1.82) is 0 Å². The summed E-state index contributed by atoms with van der Waals surface area (Å²) in [6.45, 7) is 3.39. The molecule has 0 radical (unpaired) electrons. The largest absolute Gasteiger partial charge is 0.349 e. The van der Waals surface area contributed by atoms with E-state index in [1.54, 1.807) is 24.3 Å². The molecule has 1 aliphatic rings. The highest BCUT2D eigenvalue weighted by Gasteiger charge is 2.30. The van der Waals surface area contributed by atoms with Crippen molar-refractivity contribution in [1.82, 2.24) is 14.5 Å². The molecule has 6 nitrogen and oxygen atoms in total. The molecule has 0 saturated heterocycles. The minimum Gasteiger partial charge on any atom is -0.349 e. The number of hydrogen-bond acceptors (Lipinski definition) is 5. The van der Waals surface area contributed by atoms with Gasteiger partial charge in [-0.1, -0.05) is 48.5 Å². The summed E-state index contributed by atoms with van der Waals surface area (Å²) in [5.74, 6) is 0.893. The van der Waals surface area contributed by atoms with Gasteiger partial charge in [0.15, 0.2) is 5.96 Å². The first-order valence-corrected chi connectivity index (χ1v) is 10.9. The zero-order valence-corrected chi connectivity index (χ0v) is 17.4. The van der Waals surface area contributed by atoms with Crippen molar-refractivity contribution < 1.29 is 8.42 Å². The number of nitrogens with zero attached hydrogens (tertiary/aromatic N) is 3. The van der Waals surface area contributed by atoms with Crippen molar-refractivity contribution in [2.45, 2.75) is 30.3 Å². The van der Waals surface area contributed by atoms with Gasteiger partial charge in [0.2, 0.25) is 10.0 Å². The minimum absolute atomic E-state index is 0.233. The van der Waals surface area contributed by atoms with E-state index in [2.05, 4.69) is 21.5 Å². The van der Waals surface area contributed by atoms with E-state index < -0.39 is 10.0 Å². The van der Waals surface area contributed by atoms with E-state index in [4.69, 9.17) is 0 Å². The van der Waals surface area contributed by atoms with E-state index in [0.717, 1.165) is 18.1 Å². The number of rotatable bonds is 7. The second-order valence-corrected chi connectivity index (χ2v) is 9.07. The van der Waals surface area contributed by atoms with Crippen molar-refractivity contribution in [2.24, 2.45) is 4.99 Å². The van der Waals surface area contributed by atoms with Crippen LogP contribution < -0.4 is 4.72 Å². The van der Waals surface area contributed by atoms with Crippen LogP contribution in [0.5, 0.6) is 0 Å². The van der Waals surface area contributed by atoms with Gasteiger partial charge in [0.1, 0.15) is 0 Å². The van der Waals surface area contributed by atoms with Crippen molar-refractivity contribution in [2.75, 3.05) is 27.2 Å². The summed E-state index contributed by atoms with van der Waals surface area (Å²) < 4.78 is 28.8. The molecule has 0 bridgehead atoms. The zero-order chi connectivity index (χ0) is 20.1. The summed E-state index contributed by atoms with van der Waals surface area (Å²) in [6, 6.07) is 18.4. The molecule has 2 aromatic rings. The Labute approximate surface area is 167 Å². The predicted molar refractivity (Wildman–Crippen MR) is 113 cm³/mol. The standard InChI is InChI=1S/C21H28N4O2S/c1-17-15-22-21(24(2)3)25(17)16-19(14-18-10-6-4-7-11-18)23-28(26,27)20-12-8-5-9-13-20/h4-13,17,19,23H,14-16H2,1-3H3/t17-,19-/m0/s1. The van der Waals surface area contributed by atoms with Gasteiger partial charge in [-0.3, -0.25) is 4.99 Å². The highest BCUT2D eigenvalue weighted by molar-refractivity contribution is 7.89. The first-order chi connectivity index (χ1) is 13.4. The molecular formula is C21H28N4O2S. The Hall–Kier alpha value is -2.38. The first-order valence-electron chi connectivity index (χ1n) is 9.46. The predicted octanol–water partition coefficient (Wildman–Crippen LogP) is 2.20. The van der Waals surface area contributed by atoms with Crippen molar-refractivity contribution in [3.8, 4) is 0 Å². The molecule has 28 heavy (non-hydrogen) atoms. The molecule has 0 aromatic heterocycles. The fraction of sp³-hybridized carbons (Fsp3) is 0.381. The van der Waals surface area contributed by atoms with Gasteiger partial charge in [-0.2, -0.15) is 0 Å². The summed E-state index contributed by atoms with van der Waals surface area (Å²) in [6.07, 6.45) is 0.608. The molecule has 0 unspecified atom stereocenters. The van der Waals surface area contributed by atoms with E-state index >= 15 is 0 Å². The van der Waals surface area contributed by atoms with Crippen molar-refractivity contribution in [3.05, 3.63) is 66.2 Å². The van der Waals surface area contributed by atoms with E-state index in [9.17, 15) is 8.42 Å². The Kier molecular flexibility index (Phi) is 6.36. The number of nitrogens with one attached hydrogen (secondary N) is 1. The molecule has 2 atom stereocenters. The lowest BCUT2D eigenvalue weighted by molar-refractivity contribution is 0.301. The Morgan fingerprint density at radius 2 is 1.71 bits per heavy atom. The molecule has 3 rings (SSSR count). The third kappa shape index (κ3) is 4.91. The molecule has 0 fully saturated rings. The van der Waals surface area contributed by atoms with Gasteiger partial charge < -0.3 is 9.80 Å². The van der Waals surface area contributed by atoms with Crippen LogP contribution in [0.2, 0.25) is 0 Å². The molecule has 1 heterocycles. The molecular weight excluding hydrogens is 372 g/mol. The van der Waals surface area contributed by atoms with Crippen molar-refractivity contribution >= 4 is 16.0 Å². The van der Waals surface area contributed by atoms with E-state index in [0.29, 0.717) is 13.0 Å². The third-order valence-corrected chi connectivity index (χ3v) is 6.34. The van der Waals surface area contributed by atoms with Crippen LogP contribution in [-0.4, -0.2) is 63.4 Å². The molecule has 0 spiro atoms. The van der Waals surface area contributed by atoms with Crippen LogP contribution in [0.3, 0.4) is 0 Å². The molecule has 7 heteroatoms. The number of aliphatic imine (C=N–C) groups is 1. The number of benzene rings is 2. The van der Waals surface area contributed by atoms with Crippen LogP contribution in [0.4, 0.5) is 0 Å². The Bertz CT molecular complexity index is 899. The van der Waals surface area contributed by atoms with Crippen molar-refractivity contribution in [3.63, 3.8) is 0 Å². The van der Waals surface area contributed by atoms with Gasteiger partial charge in [0, 0.05) is 32.7 Å². The third-order valence-electron chi connectivity index (χ3n) is 4.80. The normalized spacial score (nSPS) is 18.0. The fourth-order valence-corrected chi connectivity index (χ4v) is 4.68. The van der Waals surface area contributed by atoms with Crippen LogP contribution in [-0.2, 0) is 16.4 Å². The second kappa shape index (κ2) is 8.75. The summed E-state index contributed by atoms with van der Waals surface area (Å²) >= 11 is 0. The maximum atomic E-state index is 12.9. The molecule has 1 N–H and O–H groups in total. The van der Waals surface area contributed by atoms with Crippen LogP contribution in [0.1, 0.15) is 12.5 Å². The topological polar surface area (TPSA) is 65.0 Å². The maximum Gasteiger partial charge on any atom is 0.240 e. The lowest BCUT2D eigenvalue weighted by Crippen LogP contribution is -2.50. The lowest BCUT2D eigenvalue weighted by Gasteiger charge is -2.32. The number of hydrogen-bond donors (Lipinski definition) is 1. The molecule has 0 saturated carbocycles. The summed E-state index contributed by atoms with van der Waals surface area (Å²) in [7, 11) is 0.318. The van der Waals surface area contributed by atoms with Gasteiger partial charge in [0.25, 0.3) is 0 Å². The monoisotopic (exact) mass is 400 g/mol. The minimum atomic E-state index is -3.61. The van der Waals surface area contributed by atoms with Gasteiger partial charge >= 0.3 is 0 Å². The van der Waals surface area contributed by atoms with Crippen LogP contribution in [0, 0.1) is 0 Å². The van der Waals surface area contributed by atoms with Crippen LogP contribution >= 0.6 is 0 Å². The summed E-state index contributed by atoms with van der Waals surface area (Å²) in [5, 5.41) is 0.